The second-order valence-electron chi connectivity index (χ2n) is 7.37. The highest BCUT2D eigenvalue weighted by Crippen LogP contribution is 2.40. The van der Waals surface area contributed by atoms with Crippen LogP contribution < -0.4 is 14.8 Å². The normalized spacial score (nSPS) is 16.1. The fraction of sp³-hybridized carbons (Fsp3) is 0.304. The molecule has 2 heterocycles. The Kier molecular flexibility index (Phi) is 6.23. The molecule has 4 rings (SSSR count). The molecular weight excluding hydrogens is 404 g/mol. The molecule has 2 aliphatic heterocycles. The number of nitrogens with one attached hydrogen (secondary N) is 1. The summed E-state index contributed by atoms with van der Waals surface area (Å²) in [5, 5.41) is 3.45. The third-order valence-corrected chi connectivity index (χ3v) is 5.64. The topological polar surface area (TPSA) is 67.9 Å². The molecule has 6 nitrogen and oxygen atoms in total. The minimum absolute atomic E-state index is 0.0523. The van der Waals surface area contributed by atoms with Crippen molar-refractivity contribution in [3.05, 3.63) is 64.7 Å². The van der Waals surface area contributed by atoms with Crippen LogP contribution >= 0.6 is 11.6 Å². The predicted molar refractivity (Wildman–Crippen MR) is 114 cm³/mol. The molecule has 2 aliphatic rings. The average molecular weight is 427 g/mol. The number of hydrogen-bond donors (Lipinski definition) is 1. The van der Waals surface area contributed by atoms with Crippen LogP contribution in [-0.4, -0.2) is 36.6 Å². The quantitative estimate of drug-likeness (QED) is 0.741. The van der Waals surface area contributed by atoms with Gasteiger partial charge in [-0.3, -0.25) is 9.59 Å². The molecular formula is C23H23ClN2O4. The van der Waals surface area contributed by atoms with E-state index in [0.29, 0.717) is 49.0 Å². The Morgan fingerprint density at radius 1 is 1.13 bits per heavy atom. The van der Waals surface area contributed by atoms with Crippen LogP contribution in [0.2, 0.25) is 5.02 Å². The Balaban J connectivity index is 1.26. The first-order valence-corrected chi connectivity index (χ1v) is 10.4. The molecule has 30 heavy (non-hydrogen) atoms. The van der Waals surface area contributed by atoms with Crippen LogP contribution in [0.1, 0.15) is 24.0 Å². The maximum Gasteiger partial charge on any atom is 0.246 e. The second kappa shape index (κ2) is 9.22. The monoisotopic (exact) mass is 426 g/mol. The van der Waals surface area contributed by atoms with Crippen LogP contribution in [0.5, 0.6) is 11.5 Å². The van der Waals surface area contributed by atoms with Crippen molar-refractivity contribution in [1.29, 1.82) is 0 Å². The van der Waals surface area contributed by atoms with Gasteiger partial charge in [-0.2, -0.15) is 0 Å². The zero-order chi connectivity index (χ0) is 20.9. The van der Waals surface area contributed by atoms with Gasteiger partial charge in [0.1, 0.15) is 0 Å². The van der Waals surface area contributed by atoms with Crippen molar-refractivity contribution in [2.75, 3.05) is 19.9 Å². The van der Waals surface area contributed by atoms with E-state index in [1.54, 1.807) is 23.1 Å². The number of halogens is 1. The van der Waals surface area contributed by atoms with Crippen LogP contribution in [0, 0.1) is 5.92 Å². The van der Waals surface area contributed by atoms with Crippen LogP contribution in [-0.2, 0) is 16.1 Å². The fourth-order valence-electron chi connectivity index (χ4n) is 3.65. The third kappa shape index (κ3) is 4.76. The number of ether oxygens (including phenoxy) is 2. The van der Waals surface area contributed by atoms with E-state index in [1.165, 1.54) is 6.08 Å². The van der Waals surface area contributed by atoms with Gasteiger partial charge in [-0.05, 0) is 42.2 Å². The molecule has 0 spiro atoms. The lowest BCUT2D eigenvalue weighted by molar-refractivity contribution is -0.132. The first-order chi connectivity index (χ1) is 14.6. The Bertz CT molecular complexity index is 953. The summed E-state index contributed by atoms with van der Waals surface area (Å²) in [6, 6.07) is 13.4. The number of likely N-dealkylation sites (tertiary alicyclic amines) is 1. The molecule has 7 heteroatoms. The van der Waals surface area contributed by atoms with Gasteiger partial charge in [0.2, 0.25) is 18.6 Å². The van der Waals surface area contributed by atoms with E-state index >= 15 is 0 Å². The minimum atomic E-state index is -0.0769. The van der Waals surface area contributed by atoms with Crippen molar-refractivity contribution in [2.24, 2.45) is 5.92 Å². The van der Waals surface area contributed by atoms with E-state index in [2.05, 4.69) is 5.32 Å². The fourth-order valence-corrected chi connectivity index (χ4v) is 3.92. The van der Waals surface area contributed by atoms with Gasteiger partial charge < -0.3 is 19.7 Å². The van der Waals surface area contributed by atoms with Crippen LogP contribution in [0.25, 0.3) is 6.08 Å². The average Bonchev–Trinajstić information content (AvgIpc) is 3.26. The molecule has 1 N–H and O–H groups in total. The molecule has 0 atom stereocenters. The SMILES string of the molecule is O=C(NCc1ccccc1)C1CCN(C(=O)C=Cc2cc(Cl)c3c(c2)OCO3)CC1. The highest BCUT2D eigenvalue weighted by atomic mass is 35.5. The lowest BCUT2D eigenvalue weighted by Crippen LogP contribution is -2.42. The predicted octanol–water partition coefficient (Wildman–Crippen LogP) is 3.64. The highest BCUT2D eigenvalue weighted by Gasteiger charge is 2.26. The smallest absolute Gasteiger partial charge is 0.246 e. The minimum Gasteiger partial charge on any atom is -0.454 e. The van der Waals surface area contributed by atoms with E-state index in [4.69, 9.17) is 21.1 Å². The molecule has 1 fully saturated rings. The van der Waals surface area contributed by atoms with Gasteiger partial charge in [-0.25, -0.2) is 0 Å². The van der Waals surface area contributed by atoms with Gasteiger partial charge >= 0.3 is 0 Å². The number of rotatable bonds is 5. The Hall–Kier alpha value is -2.99. The summed E-state index contributed by atoms with van der Waals surface area (Å²) < 4.78 is 10.6. The van der Waals surface area contributed by atoms with Crippen molar-refractivity contribution in [3.63, 3.8) is 0 Å². The lowest BCUT2D eigenvalue weighted by Gasteiger charge is -2.30. The van der Waals surface area contributed by atoms with Crippen LogP contribution in [0.15, 0.2) is 48.5 Å². The van der Waals surface area contributed by atoms with E-state index < -0.39 is 0 Å². The van der Waals surface area contributed by atoms with Gasteiger partial charge in [0.05, 0.1) is 5.02 Å². The maximum absolute atomic E-state index is 12.5. The molecule has 0 aliphatic carbocycles. The molecule has 2 aromatic rings. The molecule has 1 saturated heterocycles. The van der Waals surface area contributed by atoms with Gasteiger partial charge in [-0.1, -0.05) is 41.9 Å². The van der Waals surface area contributed by atoms with Crippen molar-refractivity contribution in [2.45, 2.75) is 19.4 Å². The first-order valence-electron chi connectivity index (χ1n) is 9.98. The summed E-state index contributed by atoms with van der Waals surface area (Å²) in [7, 11) is 0. The molecule has 0 radical (unpaired) electrons. The molecule has 2 amide bonds. The lowest BCUT2D eigenvalue weighted by atomic mass is 9.95. The zero-order valence-electron chi connectivity index (χ0n) is 16.5. The maximum atomic E-state index is 12.5. The van der Waals surface area contributed by atoms with E-state index in [9.17, 15) is 9.59 Å². The summed E-state index contributed by atoms with van der Waals surface area (Å²) >= 11 is 6.18. The standard InChI is InChI=1S/C23H23ClN2O4/c24-19-12-17(13-20-22(19)30-15-29-20)6-7-21(27)26-10-8-18(9-11-26)23(28)25-14-16-4-2-1-3-5-16/h1-7,12-13,18H,8-11,14-15H2,(H,25,28). The molecule has 0 saturated carbocycles. The van der Waals surface area contributed by atoms with Crippen molar-refractivity contribution >= 4 is 29.5 Å². The first kappa shape index (κ1) is 20.3. The Morgan fingerprint density at radius 3 is 2.67 bits per heavy atom. The molecule has 0 aromatic heterocycles. The summed E-state index contributed by atoms with van der Waals surface area (Å²) in [4.78, 5) is 26.7. The van der Waals surface area contributed by atoms with Gasteiger partial charge in [0.15, 0.2) is 11.5 Å². The third-order valence-electron chi connectivity index (χ3n) is 5.35. The van der Waals surface area contributed by atoms with E-state index in [0.717, 1.165) is 11.1 Å². The van der Waals surface area contributed by atoms with Crippen molar-refractivity contribution < 1.29 is 19.1 Å². The molecule has 156 valence electrons. The van der Waals surface area contributed by atoms with Gasteiger partial charge in [-0.15, -0.1) is 0 Å². The van der Waals surface area contributed by atoms with Crippen molar-refractivity contribution in [1.82, 2.24) is 10.2 Å². The number of nitrogens with zero attached hydrogens (tertiary/aromatic N) is 1. The van der Waals surface area contributed by atoms with Gasteiger partial charge in [0, 0.05) is 31.6 Å². The number of carbonyl (C=O) groups excluding carboxylic acids is 2. The summed E-state index contributed by atoms with van der Waals surface area (Å²) in [6.45, 7) is 1.80. The van der Waals surface area contributed by atoms with E-state index in [-0.39, 0.29) is 24.5 Å². The number of hydrogen-bond acceptors (Lipinski definition) is 4. The highest BCUT2D eigenvalue weighted by molar-refractivity contribution is 6.32. The van der Waals surface area contributed by atoms with Crippen molar-refractivity contribution in [3.8, 4) is 11.5 Å². The summed E-state index contributed by atoms with van der Waals surface area (Å²) in [6.07, 6.45) is 4.57. The van der Waals surface area contributed by atoms with Crippen LogP contribution in [0.3, 0.4) is 0 Å². The number of carbonyl (C=O) groups is 2. The zero-order valence-corrected chi connectivity index (χ0v) is 17.2. The number of fused-ring (bicyclic) bond motifs is 1. The summed E-state index contributed by atoms with van der Waals surface area (Å²) in [5.74, 6) is 1.03. The van der Waals surface area contributed by atoms with E-state index in [1.807, 2.05) is 30.3 Å². The number of benzene rings is 2. The number of amides is 2. The Morgan fingerprint density at radius 2 is 1.90 bits per heavy atom. The second-order valence-corrected chi connectivity index (χ2v) is 7.78. The number of piperidine rings is 1. The largest absolute Gasteiger partial charge is 0.454 e. The summed E-state index contributed by atoms with van der Waals surface area (Å²) in [5.41, 5.74) is 1.85. The Labute approximate surface area is 180 Å². The molecule has 2 aromatic carbocycles. The molecule has 0 unspecified atom stereocenters. The van der Waals surface area contributed by atoms with Gasteiger partial charge in [0.25, 0.3) is 0 Å². The van der Waals surface area contributed by atoms with Crippen LogP contribution in [0.4, 0.5) is 0 Å². The molecule has 0 bridgehead atoms.